The van der Waals surface area contributed by atoms with E-state index in [9.17, 15) is 19.8 Å². The maximum absolute atomic E-state index is 12.3. The second-order valence-corrected chi connectivity index (χ2v) is 6.78. The second kappa shape index (κ2) is 9.16. The Balaban J connectivity index is 6.20. The van der Waals surface area contributed by atoms with Crippen molar-refractivity contribution in [3.63, 3.8) is 0 Å². The first-order valence-corrected chi connectivity index (χ1v) is 8.73. The number of rotatable bonds is 12. The summed E-state index contributed by atoms with van der Waals surface area (Å²) in [5.41, 5.74) is -2.37. The van der Waals surface area contributed by atoms with Crippen molar-refractivity contribution >= 4 is 11.9 Å². The molecule has 0 aromatic heterocycles. The summed E-state index contributed by atoms with van der Waals surface area (Å²) in [5, 5.41) is 20.1. The molecular formula is C18H34O4. The van der Waals surface area contributed by atoms with Crippen LogP contribution in [0.3, 0.4) is 0 Å². The Bertz CT molecular complexity index is 364. The van der Waals surface area contributed by atoms with E-state index in [4.69, 9.17) is 0 Å². The SMILES string of the molecule is CCCCC(CCC)(C(=O)O)C(CCCC)(C(=O)O)C(C)C. The maximum atomic E-state index is 12.3. The fourth-order valence-corrected chi connectivity index (χ4v) is 3.98. The van der Waals surface area contributed by atoms with Crippen molar-refractivity contribution < 1.29 is 19.8 Å². The van der Waals surface area contributed by atoms with Crippen LogP contribution in [0.15, 0.2) is 0 Å². The molecule has 0 aliphatic rings. The minimum Gasteiger partial charge on any atom is -0.481 e. The van der Waals surface area contributed by atoms with Gasteiger partial charge in [-0.1, -0.05) is 66.7 Å². The predicted molar refractivity (Wildman–Crippen MR) is 88.9 cm³/mol. The van der Waals surface area contributed by atoms with Crippen molar-refractivity contribution in [3.05, 3.63) is 0 Å². The van der Waals surface area contributed by atoms with Crippen molar-refractivity contribution in [1.82, 2.24) is 0 Å². The minimum atomic E-state index is -1.19. The molecule has 4 heteroatoms. The average Bonchev–Trinajstić information content (AvgIpc) is 2.44. The van der Waals surface area contributed by atoms with Crippen LogP contribution in [0.4, 0.5) is 0 Å². The number of carboxylic acids is 2. The zero-order chi connectivity index (χ0) is 17.4. The van der Waals surface area contributed by atoms with Gasteiger partial charge in [0, 0.05) is 0 Å². The lowest BCUT2D eigenvalue weighted by Crippen LogP contribution is -2.55. The largest absolute Gasteiger partial charge is 0.481 e. The van der Waals surface area contributed by atoms with Crippen LogP contribution in [0.1, 0.15) is 86.0 Å². The van der Waals surface area contributed by atoms with E-state index in [0.29, 0.717) is 25.7 Å². The van der Waals surface area contributed by atoms with Crippen molar-refractivity contribution in [2.75, 3.05) is 0 Å². The monoisotopic (exact) mass is 314 g/mol. The summed E-state index contributed by atoms with van der Waals surface area (Å²) in [6, 6.07) is 0. The van der Waals surface area contributed by atoms with Crippen LogP contribution in [0.5, 0.6) is 0 Å². The van der Waals surface area contributed by atoms with Gasteiger partial charge in [-0.15, -0.1) is 0 Å². The van der Waals surface area contributed by atoms with Gasteiger partial charge in [-0.2, -0.15) is 0 Å². The Morgan fingerprint density at radius 2 is 1.32 bits per heavy atom. The van der Waals surface area contributed by atoms with Crippen molar-refractivity contribution in [2.45, 2.75) is 86.0 Å². The zero-order valence-corrected chi connectivity index (χ0v) is 14.9. The number of aliphatic carboxylic acids is 2. The fraction of sp³-hybridized carbons (Fsp3) is 0.889. The molecule has 0 fully saturated rings. The molecule has 0 aromatic rings. The number of carbonyl (C=O) groups is 2. The summed E-state index contributed by atoms with van der Waals surface area (Å²) in [6.07, 6.45) is 5.24. The van der Waals surface area contributed by atoms with Gasteiger partial charge < -0.3 is 10.2 Å². The molecule has 0 aliphatic heterocycles. The highest BCUT2D eigenvalue weighted by Gasteiger charge is 2.61. The third-order valence-electron chi connectivity index (χ3n) is 5.19. The molecule has 0 amide bonds. The summed E-state index contributed by atoms with van der Waals surface area (Å²) < 4.78 is 0. The topological polar surface area (TPSA) is 74.6 Å². The van der Waals surface area contributed by atoms with Gasteiger partial charge in [0.25, 0.3) is 0 Å². The molecule has 2 unspecified atom stereocenters. The number of hydrogen-bond acceptors (Lipinski definition) is 2. The van der Waals surface area contributed by atoms with Gasteiger partial charge in [-0.05, 0) is 25.2 Å². The van der Waals surface area contributed by atoms with E-state index in [-0.39, 0.29) is 5.92 Å². The standard InChI is InChI=1S/C18H34O4/c1-6-9-12-17(11-8-3,15(19)20)18(14(4)5,16(21)22)13-10-7-2/h14H,6-13H2,1-5H3,(H,19,20)(H,21,22). The Morgan fingerprint density at radius 3 is 1.64 bits per heavy atom. The first-order chi connectivity index (χ1) is 10.3. The van der Waals surface area contributed by atoms with Crippen LogP contribution >= 0.6 is 0 Å². The van der Waals surface area contributed by atoms with Gasteiger partial charge in [0.2, 0.25) is 0 Å². The Labute approximate surface area is 135 Å². The molecule has 0 bridgehead atoms. The van der Waals surface area contributed by atoms with E-state index in [1.54, 1.807) is 0 Å². The van der Waals surface area contributed by atoms with Crippen LogP contribution < -0.4 is 0 Å². The second-order valence-electron chi connectivity index (χ2n) is 6.78. The van der Waals surface area contributed by atoms with E-state index in [1.165, 1.54) is 0 Å². The lowest BCUT2D eigenvalue weighted by Gasteiger charge is -2.48. The summed E-state index contributed by atoms with van der Waals surface area (Å²) in [6.45, 7) is 9.70. The van der Waals surface area contributed by atoms with Crippen LogP contribution in [0.25, 0.3) is 0 Å². The molecule has 2 N–H and O–H groups in total. The number of carboxylic acid groups (broad SMARTS) is 2. The van der Waals surface area contributed by atoms with Gasteiger partial charge in [-0.3, -0.25) is 9.59 Å². The third-order valence-corrected chi connectivity index (χ3v) is 5.19. The summed E-state index contributed by atoms with van der Waals surface area (Å²) in [5.74, 6) is -2.09. The molecule has 4 nitrogen and oxygen atoms in total. The van der Waals surface area contributed by atoms with Crippen LogP contribution in [0.2, 0.25) is 0 Å². The normalized spacial score (nSPS) is 17.0. The molecule has 0 radical (unpaired) electrons. The Hall–Kier alpha value is -1.06. The van der Waals surface area contributed by atoms with E-state index in [2.05, 4.69) is 0 Å². The van der Waals surface area contributed by atoms with E-state index in [0.717, 1.165) is 25.7 Å². The Morgan fingerprint density at radius 1 is 0.818 bits per heavy atom. The molecule has 0 saturated heterocycles. The fourth-order valence-electron chi connectivity index (χ4n) is 3.98. The van der Waals surface area contributed by atoms with E-state index < -0.39 is 22.8 Å². The molecule has 0 rings (SSSR count). The third kappa shape index (κ3) is 3.82. The predicted octanol–water partition coefficient (Wildman–Crippen LogP) is 4.96. The first kappa shape index (κ1) is 20.9. The molecule has 22 heavy (non-hydrogen) atoms. The Kier molecular flexibility index (Phi) is 8.72. The molecule has 0 heterocycles. The van der Waals surface area contributed by atoms with Crippen molar-refractivity contribution in [1.29, 1.82) is 0 Å². The lowest BCUT2D eigenvalue weighted by molar-refractivity contribution is -0.183. The number of unbranched alkanes of at least 4 members (excludes halogenated alkanes) is 2. The molecule has 2 atom stereocenters. The van der Waals surface area contributed by atoms with Gasteiger partial charge in [-0.25, -0.2) is 0 Å². The lowest BCUT2D eigenvalue weighted by atomic mass is 9.52. The molecule has 0 spiro atoms. The smallest absolute Gasteiger partial charge is 0.311 e. The molecule has 130 valence electrons. The summed E-state index contributed by atoms with van der Waals surface area (Å²) in [4.78, 5) is 24.6. The van der Waals surface area contributed by atoms with E-state index in [1.807, 2.05) is 34.6 Å². The average molecular weight is 314 g/mol. The van der Waals surface area contributed by atoms with Crippen molar-refractivity contribution in [2.24, 2.45) is 16.7 Å². The van der Waals surface area contributed by atoms with Crippen LogP contribution in [-0.4, -0.2) is 22.2 Å². The van der Waals surface area contributed by atoms with Gasteiger partial charge in [0.05, 0.1) is 10.8 Å². The van der Waals surface area contributed by atoms with Gasteiger partial charge in [0.1, 0.15) is 0 Å². The summed E-state index contributed by atoms with van der Waals surface area (Å²) >= 11 is 0. The van der Waals surface area contributed by atoms with Crippen LogP contribution in [-0.2, 0) is 9.59 Å². The summed E-state index contributed by atoms with van der Waals surface area (Å²) in [7, 11) is 0. The molecule has 0 aliphatic carbocycles. The molecule has 0 aromatic carbocycles. The number of hydrogen-bond donors (Lipinski definition) is 2. The molecule has 0 saturated carbocycles. The van der Waals surface area contributed by atoms with E-state index >= 15 is 0 Å². The quantitative estimate of drug-likeness (QED) is 0.533. The van der Waals surface area contributed by atoms with Crippen LogP contribution in [0, 0.1) is 16.7 Å². The maximum Gasteiger partial charge on any atom is 0.311 e. The minimum absolute atomic E-state index is 0.212. The zero-order valence-electron chi connectivity index (χ0n) is 14.9. The highest BCUT2D eigenvalue weighted by Crippen LogP contribution is 2.55. The van der Waals surface area contributed by atoms with Gasteiger partial charge >= 0.3 is 11.9 Å². The van der Waals surface area contributed by atoms with Crippen molar-refractivity contribution in [3.8, 4) is 0 Å². The first-order valence-electron chi connectivity index (χ1n) is 8.73. The highest BCUT2D eigenvalue weighted by atomic mass is 16.4. The van der Waals surface area contributed by atoms with Gasteiger partial charge in [0.15, 0.2) is 0 Å². The highest BCUT2D eigenvalue weighted by molar-refractivity contribution is 5.87. The molecular weight excluding hydrogens is 280 g/mol.